The molecule has 2 aromatic rings. The lowest BCUT2D eigenvalue weighted by atomic mass is 10.1. The molecule has 2 N–H and O–H groups in total. The van der Waals surface area contributed by atoms with Crippen molar-refractivity contribution in [2.24, 2.45) is 0 Å². The van der Waals surface area contributed by atoms with Gasteiger partial charge in [0.25, 0.3) is 0 Å². The number of nitrogens with one attached hydrogen (secondary N) is 2. The van der Waals surface area contributed by atoms with E-state index in [4.69, 9.17) is 4.74 Å². The third-order valence-electron chi connectivity index (χ3n) is 4.51. The quantitative estimate of drug-likeness (QED) is 0.567. The van der Waals surface area contributed by atoms with Crippen LogP contribution >= 0.6 is 11.7 Å². The molecule has 8 heteroatoms. The van der Waals surface area contributed by atoms with Crippen LogP contribution in [0, 0.1) is 0 Å². The molecule has 1 aromatic heterocycles. The van der Waals surface area contributed by atoms with Gasteiger partial charge in [0.1, 0.15) is 12.4 Å². The predicted molar refractivity (Wildman–Crippen MR) is 109 cm³/mol. The number of alkyl halides is 1. The van der Waals surface area contributed by atoms with Gasteiger partial charge in [0.05, 0.1) is 18.3 Å². The summed E-state index contributed by atoms with van der Waals surface area (Å²) in [6, 6.07) is 8.39. The molecule has 1 aromatic carbocycles. The minimum Gasteiger partial charge on any atom is -0.494 e. The summed E-state index contributed by atoms with van der Waals surface area (Å²) >= 11 is 1.11. The Hall–Kier alpha value is -1.93. The Labute approximate surface area is 164 Å². The lowest BCUT2D eigenvalue weighted by Crippen LogP contribution is -2.29. The first-order valence-corrected chi connectivity index (χ1v) is 10.4. The van der Waals surface area contributed by atoms with Crippen LogP contribution in [0.25, 0.3) is 0 Å². The first-order chi connectivity index (χ1) is 13.3. The number of hydrogen-bond acceptors (Lipinski definition) is 7. The van der Waals surface area contributed by atoms with E-state index in [1.165, 1.54) is 37.9 Å². The Kier molecular flexibility index (Phi) is 8.10. The number of aromatic nitrogens is 2. The molecule has 0 spiro atoms. The van der Waals surface area contributed by atoms with Gasteiger partial charge >= 0.3 is 0 Å². The van der Waals surface area contributed by atoms with E-state index in [2.05, 4.69) is 42.5 Å². The third kappa shape index (κ3) is 6.62. The summed E-state index contributed by atoms with van der Waals surface area (Å²) in [5.74, 6) is 2.21. The Morgan fingerprint density at radius 2 is 1.85 bits per heavy atom. The van der Waals surface area contributed by atoms with Crippen molar-refractivity contribution in [3.8, 4) is 5.75 Å². The maximum atomic E-state index is 12.2. The van der Waals surface area contributed by atoms with Crippen molar-refractivity contribution < 1.29 is 9.13 Å². The number of anilines is 2. The van der Waals surface area contributed by atoms with Gasteiger partial charge in [-0.05, 0) is 50.0 Å². The average Bonchev–Trinajstić information content (AvgIpc) is 3.14. The molecule has 1 saturated heterocycles. The summed E-state index contributed by atoms with van der Waals surface area (Å²) in [4.78, 5) is 2.52. The number of rotatable bonds is 11. The van der Waals surface area contributed by atoms with Crippen molar-refractivity contribution >= 4 is 23.4 Å². The summed E-state index contributed by atoms with van der Waals surface area (Å²) in [5.41, 5.74) is 1.31. The van der Waals surface area contributed by atoms with Gasteiger partial charge in [-0.1, -0.05) is 18.6 Å². The monoisotopic (exact) mass is 393 g/mol. The smallest absolute Gasteiger partial charge is 0.184 e. The molecule has 1 fully saturated rings. The van der Waals surface area contributed by atoms with E-state index < -0.39 is 6.67 Å². The van der Waals surface area contributed by atoms with Crippen LogP contribution < -0.4 is 15.4 Å². The molecule has 0 atom stereocenters. The Balaban J connectivity index is 1.36. The molecule has 0 bridgehead atoms. The number of benzene rings is 1. The fourth-order valence-electron chi connectivity index (χ4n) is 3.16. The largest absolute Gasteiger partial charge is 0.494 e. The second-order valence-electron chi connectivity index (χ2n) is 6.69. The highest BCUT2D eigenvalue weighted by molar-refractivity contribution is 6.99. The van der Waals surface area contributed by atoms with Crippen LogP contribution in [0.1, 0.15) is 31.2 Å². The molecule has 1 aliphatic rings. The molecule has 0 aliphatic carbocycles. The molecule has 148 valence electrons. The average molecular weight is 394 g/mol. The highest BCUT2D eigenvalue weighted by Gasteiger charge is 2.10. The van der Waals surface area contributed by atoms with Gasteiger partial charge < -0.3 is 15.4 Å². The number of halogens is 1. The maximum Gasteiger partial charge on any atom is 0.184 e. The Morgan fingerprint density at radius 1 is 1.07 bits per heavy atom. The van der Waals surface area contributed by atoms with E-state index >= 15 is 0 Å². The van der Waals surface area contributed by atoms with Crippen LogP contribution in [-0.4, -0.2) is 53.1 Å². The highest BCUT2D eigenvalue weighted by Crippen LogP contribution is 2.19. The molecule has 2 heterocycles. The molecule has 6 nitrogen and oxygen atoms in total. The normalized spacial score (nSPS) is 14.9. The summed E-state index contributed by atoms with van der Waals surface area (Å²) in [5, 5.41) is 6.13. The topological polar surface area (TPSA) is 62.3 Å². The van der Waals surface area contributed by atoms with Crippen molar-refractivity contribution in [1.29, 1.82) is 0 Å². The van der Waals surface area contributed by atoms with Crippen LogP contribution in [-0.2, 0) is 6.54 Å². The Morgan fingerprint density at radius 3 is 2.63 bits per heavy atom. The van der Waals surface area contributed by atoms with Gasteiger partial charge in [0.15, 0.2) is 11.6 Å². The second-order valence-corrected chi connectivity index (χ2v) is 7.22. The number of hydrogen-bond donors (Lipinski definition) is 2. The van der Waals surface area contributed by atoms with E-state index in [1.54, 1.807) is 0 Å². The molecule has 1 aliphatic heterocycles. The first kappa shape index (κ1) is 19.8. The maximum absolute atomic E-state index is 12.2. The van der Waals surface area contributed by atoms with Gasteiger partial charge in [-0.2, -0.15) is 8.75 Å². The van der Waals surface area contributed by atoms with Gasteiger partial charge in [-0.25, -0.2) is 4.39 Å². The highest BCUT2D eigenvalue weighted by atomic mass is 32.1. The molecular weight excluding hydrogens is 365 g/mol. The van der Waals surface area contributed by atoms with Crippen LogP contribution in [0.2, 0.25) is 0 Å². The van der Waals surface area contributed by atoms with E-state index in [-0.39, 0.29) is 6.54 Å². The molecule has 0 saturated carbocycles. The summed E-state index contributed by atoms with van der Waals surface area (Å²) in [6.07, 6.45) is 4.82. The van der Waals surface area contributed by atoms with Crippen LogP contribution in [0.3, 0.4) is 0 Å². The zero-order valence-corrected chi connectivity index (χ0v) is 16.4. The second kappa shape index (κ2) is 11.0. The van der Waals surface area contributed by atoms with Gasteiger partial charge in [-0.3, -0.25) is 4.90 Å². The summed E-state index contributed by atoms with van der Waals surface area (Å²) in [6.45, 7) is 4.58. The zero-order chi connectivity index (χ0) is 18.7. The fourth-order valence-corrected chi connectivity index (χ4v) is 3.67. The van der Waals surface area contributed by atoms with Gasteiger partial charge in [-0.15, -0.1) is 0 Å². The standard InChI is InChI=1S/C19H28FN5OS/c20-8-10-22-19-18(23-27-24-19)21-9-5-13-26-17-7-4-6-16(14-17)15-25-11-2-1-3-12-25/h4,6-7,14H,1-3,5,8-13,15H2,(H,21,23)(H,22,24). The van der Waals surface area contributed by atoms with E-state index in [9.17, 15) is 4.39 Å². The molecule has 0 unspecified atom stereocenters. The Bertz CT molecular complexity index is 678. The van der Waals surface area contributed by atoms with E-state index in [0.29, 0.717) is 18.2 Å². The van der Waals surface area contributed by atoms with Crippen molar-refractivity contribution in [1.82, 2.24) is 13.6 Å². The number of ether oxygens (including phenoxy) is 1. The first-order valence-electron chi connectivity index (χ1n) is 9.65. The molecule has 0 radical (unpaired) electrons. The van der Waals surface area contributed by atoms with E-state index in [0.717, 1.165) is 37.0 Å². The third-order valence-corrected chi connectivity index (χ3v) is 5.04. The molecular formula is C19H28FN5OS. The minimum absolute atomic E-state index is 0.247. The van der Waals surface area contributed by atoms with Crippen LogP contribution in [0.5, 0.6) is 5.75 Å². The number of likely N-dealkylation sites (tertiary alicyclic amines) is 1. The van der Waals surface area contributed by atoms with Gasteiger partial charge in [0.2, 0.25) is 0 Å². The fraction of sp³-hybridized carbons (Fsp3) is 0.579. The van der Waals surface area contributed by atoms with Gasteiger partial charge in [0, 0.05) is 19.6 Å². The van der Waals surface area contributed by atoms with Crippen molar-refractivity contribution in [2.75, 3.05) is 50.1 Å². The molecule has 0 amide bonds. The lowest BCUT2D eigenvalue weighted by Gasteiger charge is -2.26. The van der Waals surface area contributed by atoms with Crippen molar-refractivity contribution in [2.45, 2.75) is 32.2 Å². The molecule has 27 heavy (non-hydrogen) atoms. The number of nitrogens with zero attached hydrogens (tertiary/aromatic N) is 3. The minimum atomic E-state index is -0.429. The summed E-state index contributed by atoms with van der Waals surface area (Å²) in [7, 11) is 0. The van der Waals surface area contributed by atoms with Crippen LogP contribution in [0.15, 0.2) is 24.3 Å². The zero-order valence-electron chi connectivity index (χ0n) is 15.6. The van der Waals surface area contributed by atoms with Crippen molar-refractivity contribution in [3.05, 3.63) is 29.8 Å². The predicted octanol–water partition coefficient (Wildman–Crippen LogP) is 3.79. The SMILES string of the molecule is FCCNc1nsnc1NCCCOc1cccc(CN2CCCCC2)c1. The lowest BCUT2D eigenvalue weighted by molar-refractivity contribution is 0.220. The van der Waals surface area contributed by atoms with E-state index in [1.807, 2.05) is 6.07 Å². The number of piperidine rings is 1. The molecule has 3 rings (SSSR count). The van der Waals surface area contributed by atoms with Crippen LogP contribution in [0.4, 0.5) is 16.0 Å². The summed E-state index contributed by atoms with van der Waals surface area (Å²) < 4.78 is 26.4. The van der Waals surface area contributed by atoms with Crippen molar-refractivity contribution in [3.63, 3.8) is 0 Å².